The maximum Gasteiger partial charge on any atom is 0.122 e. The van der Waals surface area contributed by atoms with Crippen LogP contribution in [0.1, 0.15) is 36.1 Å². The van der Waals surface area contributed by atoms with E-state index in [1.54, 1.807) is 0 Å². The van der Waals surface area contributed by atoms with Crippen LogP contribution in [0, 0.1) is 0 Å². The molecule has 1 atom stereocenters. The Morgan fingerprint density at radius 1 is 1.47 bits per heavy atom. The molecule has 0 spiro atoms. The van der Waals surface area contributed by atoms with E-state index in [4.69, 9.17) is 4.74 Å². The first kappa shape index (κ1) is 12.2. The molecule has 4 heteroatoms. The van der Waals surface area contributed by atoms with Crippen molar-refractivity contribution in [2.45, 2.75) is 32.4 Å². The summed E-state index contributed by atoms with van der Waals surface area (Å²) in [5.41, 5.74) is 3.86. The van der Waals surface area contributed by atoms with Crippen molar-refractivity contribution in [3.05, 3.63) is 47.3 Å². The van der Waals surface area contributed by atoms with Crippen LogP contribution in [0.25, 0.3) is 0 Å². The highest BCUT2D eigenvalue weighted by Gasteiger charge is 2.15. The van der Waals surface area contributed by atoms with E-state index in [0.717, 1.165) is 31.7 Å². The van der Waals surface area contributed by atoms with Crippen LogP contribution < -0.4 is 10.1 Å². The highest BCUT2D eigenvalue weighted by molar-refractivity contribution is 5.40. The molecular formula is C15H19N3O. The lowest BCUT2D eigenvalue weighted by molar-refractivity contribution is 0.356. The van der Waals surface area contributed by atoms with E-state index >= 15 is 0 Å². The summed E-state index contributed by atoms with van der Waals surface area (Å²) in [4.78, 5) is 0. The molecule has 2 N–H and O–H groups in total. The second kappa shape index (κ2) is 5.45. The van der Waals surface area contributed by atoms with Gasteiger partial charge in [-0.05, 0) is 23.6 Å². The number of H-pyrrole nitrogens is 1. The van der Waals surface area contributed by atoms with Crippen LogP contribution in [0.3, 0.4) is 0 Å². The van der Waals surface area contributed by atoms with E-state index in [9.17, 15) is 0 Å². The molecule has 1 aliphatic heterocycles. The van der Waals surface area contributed by atoms with Crippen LogP contribution in [-0.4, -0.2) is 16.8 Å². The normalized spacial score (nSPS) is 15.0. The Morgan fingerprint density at radius 2 is 2.42 bits per heavy atom. The minimum absolute atomic E-state index is 0.376. The molecule has 0 bridgehead atoms. The van der Waals surface area contributed by atoms with Crippen molar-refractivity contribution in [1.29, 1.82) is 0 Å². The number of fused-ring (bicyclic) bond motifs is 1. The minimum atomic E-state index is 0.376. The molecule has 1 aromatic carbocycles. The smallest absolute Gasteiger partial charge is 0.122 e. The maximum absolute atomic E-state index is 5.55. The van der Waals surface area contributed by atoms with Gasteiger partial charge < -0.3 is 10.1 Å². The van der Waals surface area contributed by atoms with Crippen LogP contribution in [0.4, 0.5) is 0 Å². The Kier molecular flexibility index (Phi) is 3.51. The Hall–Kier alpha value is -1.81. The van der Waals surface area contributed by atoms with Crippen molar-refractivity contribution in [2.24, 2.45) is 0 Å². The van der Waals surface area contributed by atoms with Crippen molar-refractivity contribution >= 4 is 0 Å². The Bertz CT molecular complexity index is 536. The number of nitrogens with zero attached hydrogens (tertiary/aromatic N) is 1. The van der Waals surface area contributed by atoms with Gasteiger partial charge in [-0.25, -0.2) is 0 Å². The Labute approximate surface area is 113 Å². The number of nitrogens with one attached hydrogen (secondary N) is 2. The van der Waals surface area contributed by atoms with Gasteiger partial charge in [0.15, 0.2) is 0 Å². The zero-order valence-corrected chi connectivity index (χ0v) is 11.1. The Morgan fingerprint density at radius 3 is 3.21 bits per heavy atom. The van der Waals surface area contributed by atoms with E-state index in [-0.39, 0.29) is 0 Å². The molecule has 0 radical (unpaired) electrons. The lowest BCUT2D eigenvalue weighted by atomic mass is 10.0. The van der Waals surface area contributed by atoms with E-state index in [1.807, 2.05) is 12.4 Å². The van der Waals surface area contributed by atoms with Gasteiger partial charge in [0.1, 0.15) is 5.75 Å². The molecule has 19 heavy (non-hydrogen) atoms. The third-order valence-corrected chi connectivity index (χ3v) is 3.63. The summed E-state index contributed by atoms with van der Waals surface area (Å²) in [5, 5.41) is 10.4. The van der Waals surface area contributed by atoms with Gasteiger partial charge >= 0.3 is 0 Å². The Balaban J connectivity index is 1.71. The number of hydrogen-bond donors (Lipinski definition) is 2. The van der Waals surface area contributed by atoms with Crippen molar-refractivity contribution in [2.75, 3.05) is 6.61 Å². The van der Waals surface area contributed by atoms with Crippen molar-refractivity contribution < 1.29 is 4.74 Å². The van der Waals surface area contributed by atoms with Gasteiger partial charge in [-0.1, -0.05) is 19.1 Å². The monoisotopic (exact) mass is 257 g/mol. The second-order valence-electron chi connectivity index (χ2n) is 4.91. The third kappa shape index (κ3) is 2.63. The molecule has 0 aliphatic carbocycles. The van der Waals surface area contributed by atoms with E-state index < -0.39 is 0 Å². The van der Waals surface area contributed by atoms with E-state index in [2.05, 4.69) is 40.6 Å². The summed E-state index contributed by atoms with van der Waals surface area (Å²) in [6, 6.07) is 6.92. The molecule has 4 nitrogen and oxygen atoms in total. The molecule has 0 saturated carbocycles. The predicted octanol–water partition coefficient (Wildman–Crippen LogP) is 2.59. The lowest BCUT2D eigenvalue weighted by Gasteiger charge is -2.17. The number of benzene rings is 1. The number of rotatable bonds is 5. The second-order valence-corrected chi connectivity index (χ2v) is 4.91. The SMILES string of the molecule is CCC(NCc1cn[nH]c1)c1ccc2c(c1)CCO2. The van der Waals surface area contributed by atoms with Gasteiger partial charge in [0.05, 0.1) is 12.8 Å². The molecule has 1 aromatic heterocycles. The molecule has 3 rings (SSSR count). The summed E-state index contributed by atoms with van der Waals surface area (Å²) in [6.45, 7) is 3.86. The average molecular weight is 257 g/mol. The van der Waals surface area contributed by atoms with Gasteiger partial charge in [-0.15, -0.1) is 0 Å². The fourth-order valence-electron chi connectivity index (χ4n) is 2.54. The number of hydrogen-bond acceptors (Lipinski definition) is 3. The van der Waals surface area contributed by atoms with Gasteiger partial charge in [-0.3, -0.25) is 5.10 Å². The van der Waals surface area contributed by atoms with Crippen LogP contribution in [-0.2, 0) is 13.0 Å². The summed E-state index contributed by atoms with van der Waals surface area (Å²) >= 11 is 0. The number of aromatic nitrogens is 2. The standard InChI is InChI=1S/C15H19N3O/c1-2-14(16-8-11-9-17-18-10-11)12-3-4-15-13(7-12)5-6-19-15/h3-4,7,9-10,14,16H,2,5-6,8H2,1H3,(H,17,18). The van der Waals surface area contributed by atoms with Crippen LogP contribution >= 0.6 is 0 Å². The molecule has 1 unspecified atom stereocenters. The quantitative estimate of drug-likeness (QED) is 0.865. The first-order chi connectivity index (χ1) is 9.36. The van der Waals surface area contributed by atoms with Crippen molar-refractivity contribution in [1.82, 2.24) is 15.5 Å². The summed E-state index contributed by atoms with van der Waals surface area (Å²) in [7, 11) is 0. The zero-order chi connectivity index (χ0) is 13.1. The zero-order valence-electron chi connectivity index (χ0n) is 11.1. The molecule has 0 fully saturated rings. The fourth-order valence-corrected chi connectivity index (χ4v) is 2.54. The molecular weight excluding hydrogens is 238 g/mol. The van der Waals surface area contributed by atoms with Gasteiger partial charge in [0.25, 0.3) is 0 Å². The molecule has 2 aromatic rings. The highest BCUT2D eigenvalue weighted by Crippen LogP contribution is 2.29. The first-order valence-electron chi connectivity index (χ1n) is 6.83. The van der Waals surface area contributed by atoms with E-state index in [0.29, 0.717) is 6.04 Å². The van der Waals surface area contributed by atoms with Gasteiger partial charge in [-0.2, -0.15) is 5.10 Å². The third-order valence-electron chi connectivity index (χ3n) is 3.63. The van der Waals surface area contributed by atoms with Crippen LogP contribution in [0.5, 0.6) is 5.75 Å². The molecule has 0 saturated heterocycles. The van der Waals surface area contributed by atoms with E-state index in [1.165, 1.54) is 16.7 Å². The molecule has 0 amide bonds. The minimum Gasteiger partial charge on any atom is -0.493 e. The van der Waals surface area contributed by atoms with Crippen LogP contribution in [0.15, 0.2) is 30.6 Å². The topological polar surface area (TPSA) is 49.9 Å². The summed E-state index contributed by atoms with van der Waals surface area (Å²) in [6.07, 6.45) is 5.88. The first-order valence-corrected chi connectivity index (χ1v) is 6.83. The lowest BCUT2D eigenvalue weighted by Crippen LogP contribution is -2.20. The summed E-state index contributed by atoms with van der Waals surface area (Å²) < 4.78 is 5.55. The predicted molar refractivity (Wildman–Crippen MR) is 74.1 cm³/mol. The molecule has 2 heterocycles. The fraction of sp³-hybridized carbons (Fsp3) is 0.400. The number of ether oxygens (including phenoxy) is 1. The largest absolute Gasteiger partial charge is 0.493 e. The molecule has 1 aliphatic rings. The van der Waals surface area contributed by atoms with Crippen LogP contribution in [0.2, 0.25) is 0 Å². The highest BCUT2D eigenvalue weighted by atomic mass is 16.5. The van der Waals surface area contributed by atoms with Crippen molar-refractivity contribution in [3.63, 3.8) is 0 Å². The molecule has 100 valence electrons. The van der Waals surface area contributed by atoms with Crippen molar-refractivity contribution in [3.8, 4) is 5.75 Å². The van der Waals surface area contributed by atoms with Gasteiger partial charge in [0.2, 0.25) is 0 Å². The average Bonchev–Trinajstić information content (AvgIpc) is 3.09. The summed E-state index contributed by atoms with van der Waals surface area (Å²) in [5.74, 6) is 1.05. The maximum atomic E-state index is 5.55. The van der Waals surface area contributed by atoms with Gasteiger partial charge in [0, 0.05) is 30.8 Å². The number of aromatic amines is 1.